The second kappa shape index (κ2) is 5.82. The smallest absolute Gasteiger partial charge is 0.374 e. The number of carbonyl (C=O) groups is 1. The molecule has 1 N–H and O–H groups in total. The molecule has 2 rings (SSSR count). The Kier molecular flexibility index (Phi) is 4.11. The molecule has 0 aliphatic rings. The maximum Gasteiger partial charge on any atom is 0.374 e. The fourth-order valence-corrected chi connectivity index (χ4v) is 1.95. The van der Waals surface area contributed by atoms with E-state index >= 15 is 0 Å². The molecule has 1 unspecified atom stereocenters. The largest absolute Gasteiger partial charge is 0.493 e. The fraction of sp³-hybridized carbons (Fsp3) is 0.286. The second-order valence-corrected chi connectivity index (χ2v) is 4.29. The van der Waals surface area contributed by atoms with Gasteiger partial charge < -0.3 is 19.1 Å². The van der Waals surface area contributed by atoms with Crippen molar-refractivity contribution in [3.8, 4) is 22.8 Å². The minimum atomic E-state index is -1.30. The predicted molar refractivity (Wildman–Crippen MR) is 71.5 cm³/mol. The molecule has 1 atom stereocenters. The molecular formula is C14H14FNO5. The van der Waals surface area contributed by atoms with Crippen LogP contribution in [0, 0.1) is 0 Å². The van der Waals surface area contributed by atoms with E-state index in [4.69, 9.17) is 19.1 Å². The highest BCUT2D eigenvalue weighted by molar-refractivity contribution is 5.86. The van der Waals surface area contributed by atoms with Gasteiger partial charge in [0.15, 0.2) is 11.5 Å². The van der Waals surface area contributed by atoms with Gasteiger partial charge in [0.05, 0.1) is 14.2 Å². The van der Waals surface area contributed by atoms with Crippen LogP contribution < -0.4 is 9.47 Å². The highest BCUT2D eigenvalue weighted by Gasteiger charge is 2.20. The first-order chi connectivity index (χ1) is 9.97. The van der Waals surface area contributed by atoms with Crippen LogP contribution in [0.4, 0.5) is 4.39 Å². The molecule has 6 nitrogen and oxygen atoms in total. The van der Waals surface area contributed by atoms with Gasteiger partial charge in [-0.05, 0) is 24.6 Å². The first kappa shape index (κ1) is 14.8. The first-order valence-electron chi connectivity index (χ1n) is 6.08. The average molecular weight is 295 g/mol. The zero-order chi connectivity index (χ0) is 15.6. The highest BCUT2D eigenvalue weighted by Crippen LogP contribution is 2.39. The molecule has 1 aromatic heterocycles. The number of halogens is 1. The monoisotopic (exact) mass is 295 g/mol. The quantitative estimate of drug-likeness (QED) is 0.912. The van der Waals surface area contributed by atoms with Crippen molar-refractivity contribution in [2.24, 2.45) is 0 Å². The van der Waals surface area contributed by atoms with E-state index < -0.39 is 12.1 Å². The molecule has 0 saturated heterocycles. The molecule has 0 saturated carbocycles. The molecule has 0 aliphatic carbocycles. The van der Waals surface area contributed by atoms with Crippen molar-refractivity contribution in [2.75, 3.05) is 14.2 Å². The zero-order valence-corrected chi connectivity index (χ0v) is 11.7. The Hall–Kier alpha value is -2.57. The molecule has 0 amide bonds. The van der Waals surface area contributed by atoms with Crippen molar-refractivity contribution >= 4 is 5.97 Å². The third-order valence-electron chi connectivity index (χ3n) is 2.98. The van der Waals surface area contributed by atoms with Gasteiger partial charge in [-0.2, -0.15) is 0 Å². The number of hydrogen-bond acceptors (Lipinski definition) is 5. The number of alkyl halides is 1. The summed E-state index contributed by atoms with van der Waals surface area (Å²) in [4.78, 5) is 10.8. The summed E-state index contributed by atoms with van der Waals surface area (Å²) in [6, 6.07) is 4.26. The SMILES string of the molecule is COc1cc(-c2cc(C(=O)O)on2)c(C(C)F)cc1OC. The molecular weight excluding hydrogens is 281 g/mol. The highest BCUT2D eigenvalue weighted by atomic mass is 19.1. The lowest BCUT2D eigenvalue weighted by atomic mass is 10.00. The van der Waals surface area contributed by atoms with Crippen molar-refractivity contribution < 1.29 is 28.3 Å². The lowest BCUT2D eigenvalue weighted by Crippen LogP contribution is -1.97. The van der Waals surface area contributed by atoms with Gasteiger partial charge in [0.1, 0.15) is 11.9 Å². The Morgan fingerprint density at radius 1 is 1.29 bits per heavy atom. The van der Waals surface area contributed by atoms with Gasteiger partial charge >= 0.3 is 5.97 Å². The van der Waals surface area contributed by atoms with Crippen LogP contribution in [0.1, 0.15) is 29.2 Å². The minimum Gasteiger partial charge on any atom is -0.493 e. The minimum absolute atomic E-state index is 0.216. The molecule has 0 spiro atoms. The average Bonchev–Trinajstić information content (AvgIpc) is 2.95. The number of methoxy groups -OCH3 is 2. The van der Waals surface area contributed by atoms with Crippen molar-refractivity contribution in [1.29, 1.82) is 0 Å². The van der Waals surface area contributed by atoms with E-state index in [1.807, 2.05) is 0 Å². The van der Waals surface area contributed by atoms with Crippen LogP contribution in [0.5, 0.6) is 11.5 Å². The van der Waals surface area contributed by atoms with Crippen molar-refractivity contribution in [1.82, 2.24) is 5.16 Å². The Bertz CT molecular complexity index is 665. The topological polar surface area (TPSA) is 81.8 Å². The third kappa shape index (κ3) is 2.81. The summed E-state index contributed by atoms with van der Waals surface area (Å²) < 4.78 is 28.8. The zero-order valence-electron chi connectivity index (χ0n) is 11.7. The van der Waals surface area contributed by atoms with Gasteiger partial charge in [-0.25, -0.2) is 9.18 Å². The Balaban J connectivity index is 2.61. The van der Waals surface area contributed by atoms with Crippen LogP contribution in [0.3, 0.4) is 0 Å². The van der Waals surface area contributed by atoms with Crippen LogP contribution in [-0.2, 0) is 0 Å². The molecule has 0 fully saturated rings. The van der Waals surface area contributed by atoms with E-state index in [0.29, 0.717) is 22.6 Å². The molecule has 7 heteroatoms. The summed E-state index contributed by atoms with van der Waals surface area (Å²) in [7, 11) is 2.90. The predicted octanol–water partition coefficient (Wildman–Crippen LogP) is 3.09. The first-order valence-corrected chi connectivity index (χ1v) is 6.08. The molecule has 0 bridgehead atoms. The number of ether oxygens (including phenoxy) is 2. The van der Waals surface area contributed by atoms with Gasteiger partial charge in [0, 0.05) is 11.6 Å². The number of hydrogen-bond donors (Lipinski definition) is 1. The lowest BCUT2D eigenvalue weighted by molar-refractivity contribution is 0.0652. The third-order valence-corrected chi connectivity index (χ3v) is 2.98. The number of aromatic carboxylic acids is 1. The van der Waals surface area contributed by atoms with E-state index in [-0.39, 0.29) is 11.5 Å². The Morgan fingerprint density at radius 3 is 2.38 bits per heavy atom. The number of benzene rings is 1. The van der Waals surface area contributed by atoms with E-state index in [9.17, 15) is 9.18 Å². The molecule has 0 radical (unpaired) electrons. The summed E-state index contributed by atoms with van der Waals surface area (Å²) >= 11 is 0. The summed E-state index contributed by atoms with van der Waals surface area (Å²) in [6.07, 6.45) is -1.30. The van der Waals surface area contributed by atoms with Gasteiger partial charge in [-0.3, -0.25) is 0 Å². The van der Waals surface area contributed by atoms with E-state index in [1.54, 1.807) is 0 Å². The van der Waals surface area contributed by atoms with Crippen LogP contribution >= 0.6 is 0 Å². The number of carboxylic acid groups (broad SMARTS) is 1. The number of aromatic nitrogens is 1. The molecule has 112 valence electrons. The van der Waals surface area contributed by atoms with E-state index in [2.05, 4.69) is 5.16 Å². The maximum atomic E-state index is 13.8. The van der Waals surface area contributed by atoms with Gasteiger partial charge in [-0.1, -0.05) is 5.16 Å². The molecule has 1 aromatic carbocycles. The molecule has 21 heavy (non-hydrogen) atoms. The fourth-order valence-electron chi connectivity index (χ4n) is 1.95. The van der Waals surface area contributed by atoms with Crippen molar-refractivity contribution in [3.05, 3.63) is 29.5 Å². The summed E-state index contributed by atoms with van der Waals surface area (Å²) in [5.41, 5.74) is 0.907. The number of carboxylic acids is 1. The van der Waals surface area contributed by atoms with Gasteiger partial charge in [0.2, 0.25) is 5.76 Å². The second-order valence-electron chi connectivity index (χ2n) is 4.29. The van der Waals surface area contributed by atoms with Crippen LogP contribution in [0.25, 0.3) is 11.3 Å². The maximum absolute atomic E-state index is 13.8. The molecule has 1 heterocycles. The van der Waals surface area contributed by atoms with Crippen LogP contribution in [-0.4, -0.2) is 30.5 Å². The lowest BCUT2D eigenvalue weighted by Gasteiger charge is -2.14. The van der Waals surface area contributed by atoms with Gasteiger partial charge in [0.25, 0.3) is 0 Å². The number of nitrogens with zero attached hydrogens (tertiary/aromatic N) is 1. The molecule has 0 aliphatic heterocycles. The summed E-state index contributed by atoms with van der Waals surface area (Å²) in [5, 5.41) is 12.5. The standard InChI is InChI=1S/C14H14FNO5/c1-7(15)8-4-11(19-2)12(20-3)5-9(8)10-6-13(14(17)18)21-16-10/h4-7H,1-3H3,(H,17,18). The summed E-state index contributed by atoms with van der Waals surface area (Å²) in [5.74, 6) is -0.805. The van der Waals surface area contributed by atoms with Crippen molar-refractivity contribution in [3.63, 3.8) is 0 Å². The summed E-state index contributed by atoms with van der Waals surface area (Å²) in [6.45, 7) is 1.36. The van der Waals surface area contributed by atoms with E-state index in [0.717, 1.165) is 0 Å². The Morgan fingerprint density at radius 2 is 1.90 bits per heavy atom. The number of rotatable bonds is 5. The normalized spacial score (nSPS) is 12.0. The Labute approximate surface area is 120 Å². The van der Waals surface area contributed by atoms with Gasteiger partial charge in [-0.15, -0.1) is 0 Å². The van der Waals surface area contributed by atoms with Crippen molar-refractivity contribution in [2.45, 2.75) is 13.1 Å². The van der Waals surface area contributed by atoms with Crippen LogP contribution in [0.15, 0.2) is 22.7 Å². The molecule has 2 aromatic rings. The van der Waals surface area contributed by atoms with Crippen LogP contribution in [0.2, 0.25) is 0 Å². The van der Waals surface area contributed by atoms with E-state index in [1.165, 1.54) is 39.3 Å².